The van der Waals surface area contributed by atoms with E-state index in [-0.39, 0.29) is 6.73 Å². The minimum Gasteiger partial charge on any atom is -0.381 e. The highest BCUT2D eigenvalue weighted by molar-refractivity contribution is 4.53. The fourth-order valence-electron chi connectivity index (χ4n) is 1.01. The highest BCUT2D eigenvalue weighted by Gasteiger charge is 2.01. The van der Waals surface area contributed by atoms with Crippen molar-refractivity contribution in [3.63, 3.8) is 0 Å². The summed E-state index contributed by atoms with van der Waals surface area (Å²) in [6, 6.07) is 0. The molecule has 0 unspecified atom stereocenters. The maximum atomic E-state index is 8.90. The number of nitrogens with zero attached hydrogens (tertiary/aromatic N) is 1. The molecule has 0 aromatic carbocycles. The quantitative estimate of drug-likeness (QED) is 0.596. The van der Waals surface area contributed by atoms with Crippen LogP contribution in [0.4, 0.5) is 0 Å². The molecule has 0 atom stereocenters. The Morgan fingerprint density at radius 3 is 2.27 bits per heavy atom. The predicted octanol–water partition coefficient (Wildman–Crippen LogP) is 1.69. The normalized spacial score (nSPS) is 11.5. The lowest BCUT2D eigenvalue weighted by Gasteiger charge is -2.19. The topological polar surface area (TPSA) is 23.5 Å². The standard InChI is InChI=1S/C9H21NO/c1-4-6-10(8-11)7-5-9(2)3/h9,11H,4-8H2,1-3H3. The van der Waals surface area contributed by atoms with Gasteiger partial charge in [-0.3, -0.25) is 4.90 Å². The zero-order chi connectivity index (χ0) is 8.69. The smallest absolute Gasteiger partial charge is 0.0956 e. The van der Waals surface area contributed by atoms with Crippen molar-refractivity contribution in [1.29, 1.82) is 0 Å². The second-order valence-corrected chi connectivity index (χ2v) is 3.44. The molecule has 0 heterocycles. The molecule has 0 aromatic heterocycles. The molecule has 0 amide bonds. The molecule has 0 aliphatic rings. The van der Waals surface area contributed by atoms with Crippen molar-refractivity contribution in [1.82, 2.24) is 4.90 Å². The summed E-state index contributed by atoms with van der Waals surface area (Å²) in [6.45, 7) is 8.81. The van der Waals surface area contributed by atoms with E-state index in [0.29, 0.717) is 0 Å². The average Bonchev–Trinajstić information content (AvgIpc) is 1.97. The van der Waals surface area contributed by atoms with Crippen molar-refractivity contribution in [3.8, 4) is 0 Å². The number of aliphatic hydroxyl groups excluding tert-OH is 1. The van der Waals surface area contributed by atoms with Crippen LogP contribution in [-0.2, 0) is 0 Å². The van der Waals surface area contributed by atoms with Crippen molar-refractivity contribution >= 4 is 0 Å². The van der Waals surface area contributed by atoms with Crippen LogP contribution in [0.2, 0.25) is 0 Å². The predicted molar refractivity (Wildman–Crippen MR) is 48.4 cm³/mol. The van der Waals surface area contributed by atoms with E-state index < -0.39 is 0 Å². The van der Waals surface area contributed by atoms with Crippen LogP contribution in [0.3, 0.4) is 0 Å². The molecule has 11 heavy (non-hydrogen) atoms. The molecule has 2 heteroatoms. The van der Waals surface area contributed by atoms with Gasteiger partial charge in [0, 0.05) is 13.1 Å². The molecule has 0 aliphatic carbocycles. The molecule has 0 spiro atoms. The Kier molecular flexibility index (Phi) is 6.57. The second kappa shape index (κ2) is 6.62. The molecule has 68 valence electrons. The van der Waals surface area contributed by atoms with Gasteiger partial charge in [-0.15, -0.1) is 0 Å². The van der Waals surface area contributed by atoms with Crippen LogP contribution in [0, 0.1) is 5.92 Å². The van der Waals surface area contributed by atoms with Gasteiger partial charge in [-0.25, -0.2) is 0 Å². The summed E-state index contributed by atoms with van der Waals surface area (Å²) in [7, 11) is 0. The highest BCUT2D eigenvalue weighted by atomic mass is 16.3. The van der Waals surface area contributed by atoms with Crippen LogP contribution in [0.25, 0.3) is 0 Å². The Balaban J connectivity index is 3.35. The summed E-state index contributed by atoms with van der Waals surface area (Å²) in [5, 5.41) is 8.90. The van der Waals surface area contributed by atoms with Gasteiger partial charge in [0.15, 0.2) is 0 Å². The Hall–Kier alpha value is -0.0800. The Bertz CT molecular complexity index is 83.6. The van der Waals surface area contributed by atoms with Crippen molar-refractivity contribution in [3.05, 3.63) is 0 Å². The molecule has 0 radical (unpaired) electrons. The number of aliphatic hydroxyl groups is 1. The van der Waals surface area contributed by atoms with Crippen LogP contribution in [0.1, 0.15) is 33.6 Å². The SMILES string of the molecule is CCCN(CO)CCC(C)C. The fourth-order valence-corrected chi connectivity index (χ4v) is 1.01. The van der Waals surface area contributed by atoms with Gasteiger partial charge in [-0.2, -0.15) is 0 Å². The van der Waals surface area contributed by atoms with Crippen LogP contribution in [0.15, 0.2) is 0 Å². The summed E-state index contributed by atoms with van der Waals surface area (Å²) in [5.74, 6) is 0.737. The van der Waals surface area contributed by atoms with Gasteiger partial charge in [0.2, 0.25) is 0 Å². The molecular weight excluding hydrogens is 138 g/mol. The van der Waals surface area contributed by atoms with Crippen LogP contribution >= 0.6 is 0 Å². The summed E-state index contributed by atoms with van der Waals surface area (Å²) < 4.78 is 0. The summed E-state index contributed by atoms with van der Waals surface area (Å²) in [4.78, 5) is 2.08. The van der Waals surface area contributed by atoms with E-state index in [1.807, 2.05) is 0 Å². The van der Waals surface area contributed by atoms with E-state index in [0.717, 1.165) is 25.4 Å². The highest BCUT2D eigenvalue weighted by Crippen LogP contribution is 2.01. The first-order chi connectivity index (χ1) is 5.20. The molecule has 0 aromatic rings. The van der Waals surface area contributed by atoms with E-state index in [2.05, 4.69) is 25.7 Å². The van der Waals surface area contributed by atoms with Crippen molar-refractivity contribution in [2.24, 2.45) is 5.92 Å². The van der Waals surface area contributed by atoms with E-state index in [1.54, 1.807) is 0 Å². The van der Waals surface area contributed by atoms with E-state index >= 15 is 0 Å². The Morgan fingerprint density at radius 2 is 1.91 bits per heavy atom. The first-order valence-corrected chi connectivity index (χ1v) is 4.53. The summed E-state index contributed by atoms with van der Waals surface area (Å²) in [5.41, 5.74) is 0. The Labute approximate surface area is 70.2 Å². The van der Waals surface area contributed by atoms with Crippen LogP contribution < -0.4 is 0 Å². The van der Waals surface area contributed by atoms with Gasteiger partial charge in [-0.1, -0.05) is 20.8 Å². The van der Waals surface area contributed by atoms with Gasteiger partial charge in [-0.05, 0) is 18.8 Å². The molecule has 0 bridgehead atoms. The monoisotopic (exact) mass is 159 g/mol. The third-order valence-electron chi connectivity index (χ3n) is 1.76. The van der Waals surface area contributed by atoms with Gasteiger partial charge < -0.3 is 5.11 Å². The van der Waals surface area contributed by atoms with Gasteiger partial charge in [0.25, 0.3) is 0 Å². The summed E-state index contributed by atoms with van der Waals surface area (Å²) >= 11 is 0. The zero-order valence-corrected chi connectivity index (χ0v) is 8.01. The molecule has 0 saturated heterocycles. The van der Waals surface area contributed by atoms with Crippen LogP contribution in [0.5, 0.6) is 0 Å². The lowest BCUT2D eigenvalue weighted by molar-refractivity contribution is 0.103. The van der Waals surface area contributed by atoms with Crippen LogP contribution in [-0.4, -0.2) is 29.8 Å². The first kappa shape index (κ1) is 10.9. The second-order valence-electron chi connectivity index (χ2n) is 3.44. The lowest BCUT2D eigenvalue weighted by atomic mass is 10.1. The van der Waals surface area contributed by atoms with Crippen molar-refractivity contribution in [2.45, 2.75) is 33.6 Å². The molecule has 0 fully saturated rings. The first-order valence-electron chi connectivity index (χ1n) is 4.53. The van der Waals surface area contributed by atoms with Crippen molar-refractivity contribution in [2.75, 3.05) is 19.8 Å². The zero-order valence-electron chi connectivity index (χ0n) is 8.01. The third kappa shape index (κ3) is 6.32. The fraction of sp³-hybridized carbons (Fsp3) is 1.00. The molecule has 1 N–H and O–H groups in total. The summed E-state index contributed by atoms with van der Waals surface area (Å²) in [6.07, 6.45) is 2.30. The van der Waals surface area contributed by atoms with E-state index in [1.165, 1.54) is 6.42 Å². The number of hydrogen-bond acceptors (Lipinski definition) is 2. The van der Waals surface area contributed by atoms with Gasteiger partial charge in [0.05, 0.1) is 6.73 Å². The van der Waals surface area contributed by atoms with Crippen molar-refractivity contribution < 1.29 is 5.11 Å². The van der Waals surface area contributed by atoms with Gasteiger partial charge >= 0.3 is 0 Å². The maximum Gasteiger partial charge on any atom is 0.0956 e. The molecular formula is C9H21NO. The minimum atomic E-state index is 0.209. The van der Waals surface area contributed by atoms with Gasteiger partial charge in [0.1, 0.15) is 0 Å². The molecule has 0 rings (SSSR count). The molecule has 2 nitrogen and oxygen atoms in total. The van der Waals surface area contributed by atoms with E-state index in [4.69, 9.17) is 5.11 Å². The maximum absolute atomic E-state index is 8.90. The number of hydrogen-bond donors (Lipinski definition) is 1. The minimum absolute atomic E-state index is 0.209. The van der Waals surface area contributed by atoms with E-state index in [9.17, 15) is 0 Å². The largest absolute Gasteiger partial charge is 0.381 e. The third-order valence-corrected chi connectivity index (χ3v) is 1.76. The lowest BCUT2D eigenvalue weighted by Crippen LogP contribution is -2.27. The molecule has 0 aliphatic heterocycles. The average molecular weight is 159 g/mol. The Morgan fingerprint density at radius 1 is 1.27 bits per heavy atom. The molecule has 0 saturated carbocycles. The number of rotatable bonds is 6.